The van der Waals surface area contributed by atoms with Gasteiger partial charge in [0.05, 0.1) is 28.3 Å². The van der Waals surface area contributed by atoms with Gasteiger partial charge in [0, 0.05) is 45.4 Å². The molecule has 0 aliphatic rings. The molecule has 9 heteroatoms. The minimum absolute atomic E-state index is 0.0281. The molecule has 308 valence electrons. The van der Waals surface area contributed by atoms with Crippen LogP contribution in [0.3, 0.4) is 0 Å². The monoisotopic (exact) mass is 842 g/mol. The maximum absolute atomic E-state index is 16.4. The molecule has 10 aromatic carbocycles. The Labute approximate surface area is 357 Å². The van der Waals surface area contributed by atoms with E-state index in [1.54, 1.807) is 34.1 Å². The van der Waals surface area contributed by atoms with Crippen LogP contribution in [0.2, 0.25) is 0 Å². The van der Waals surface area contributed by atoms with Crippen molar-refractivity contribution in [2.24, 2.45) is 0 Å². The molecule has 0 radical (unpaired) electrons. The van der Waals surface area contributed by atoms with Crippen molar-refractivity contribution in [3.05, 3.63) is 216 Å². The third-order valence-corrected chi connectivity index (χ3v) is 11.6. The lowest BCUT2D eigenvalue weighted by molar-refractivity contribution is -0.137. The van der Waals surface area contributed by atoms with E-state index in [4.69, 9.17) is 0 Å². The highest BCUT2D eigenvalue weighted by Crippen LogP contribution is 2.49. The second kappa shape index (κ2) is 15.4. The van der Waals surface area contributed by atoms with Crippen LogP contribution in [0.15, 0.2) is 182 Å². The lowest BCUT2D eigenvalue weighted by Crippen LogP contribution is -2.13. The van der Waals surface area contributed by atoms with E-state index in [2.05, 4.69) is 0 Å². The molecule has 0 atom stereocenters. The van der Waals surface area contributed by atoms with Gasteiger partial charge in [-0.3, -0.25) is 0 Å². The lowest BCUT2D eigenvalue weighted by atomic mass is 9.91. The second-order valence-electron chi connectivity index (χ2n) is 15.4. The second-order valence-corrected chi connectivity index (χ2v) is 15.4. The minimum atomic E-state index is -4.59. The SMILES string of the molecule is Cc1ccc(-c2cc(N(c3ccccc3)c3ccc4ccc5c(N(c6ccccc6)c6cc(-c7ccc(C(F)(F)F)cc7)c(F)cc6F)ccc6ccc3c4c65)c(F)cc2F)cc1. The molecule has 10 aromatic rings. The number of aryl methyl sites for hydroxylation is 1. The summed E-state index contributed by atoms with van der Waals surface area (Å²) in [7, 11) is 0. The molecular weight excluding hydrogens is 810 g/mol. The molecule has 0 unspecified atom stereocenters. The predicted octanol–water partition coefficient (Wildman–Crippen LogP) is 16.7. The molecule has 0 amide bonds. The van der Waals surface area contributed by atoms with E-state index in [0.717, 1.165) is 56.8 Å². The molecule has 0 spiro atoms. The predicted molar refractivity (Wildman–Crippen MR) is 240 cm³/mol. The van der Waals surface area contributed by atoms with Crippen molar-refractivity contribution in [3.63, 3.8) is 0 Å². The van der Waals surface area contributed by atoms with Crippen molar-refractivity contribution in [1.82, 2.24) is 0 Å². The first kappa shape index (κ1) is 39.5. The Bertz CT molecular complexity index is 3310. The summed E-state index contributed by atoms with van der Waals surface area (Å²) in [4.78, 5) is 3.46. The van der Waals surface area contributed by atoms with E-state index in [1.165, 1.54) is 24.3 Å². The van der Waals surface area contributed by atoms with Gasteiger partial charge in [0.1, 0.15) is 23.3 Å². The molecule has 0 aromatic heterocycles. The number of benzene rings is 10. The Kier molecular flexibility index (Phi) is 9.63. The van der Waals surface area contributed by atoms with Crippen LogP contribution in [0.4, 0.5) is 64.9 Å². The van der Waals surface area contributed by atoms with Gasteiger partial charge in [-0.1, -0.05) is 115 Å². The first-order chi connectivity index (χ1) is 30.4. The normalized spacial score (nSPS) is 11.8. The van der Waals surface area contributed by atoms with Gasteiger partial charge in [-0.25, -0.2) is 17.6 Å². The molecule has 0 fully saturated rings. The summed E-state index contributed by atoms with van der Waals surface area (Å²) in [5.74, 6) is -3.26. The third-order valence-electron chi connectivity index (χ3n) is 11.6. The third kappa shape index (κ3) is 6.95. The number of hydrogen-bond donors (Lipinski definition) is 0. The van der Waals surface area contributed by atoms with Gasteiger partial charge in [0.15, 0.2) is 0 Å². The Morgan fingerprint density at radius 1 is 0.381 bits per heavy atom. The highest BCUT2D eigenvalue weighted by Gasteiger charge is 2.31. The van der Waals surface area contributed by atoms with Crippen molar-refractivity contribution in [3.8, 4) is 22.3 Å². The van der Waals surface area contributed by atoms with Crippen LogP contribution in [-0.2, 0) is 6.18 Å². The van der Waals surface area contributed by atoms with Gasteiger partial charge < -0.3 is 9.80 Å². The molecular formula is C54H33F7N2. The van der Waals surface area contributed by atoms with Gasteiger partial charge in [-0.15, -0.1) is 0 Å². The lowest BCUT2D eigenvalue weighted by Gasteiger charge is -2.30. The standard InChI is InChI=1S/C54H33F7N2/c1-32-12-14-33(15-13-32)42-28-50(46(57)30-44(42)55)62(38-8-4-2-5-9-38)48-26-20-35-19-25-41-49(27-21-36-18-24-40(48)52(35)53(36)41)63(39-10-6-3-7-11-39)51-29-43(45(56)31-47(51)58)34-16-22-37(23-17-34)54(59,60)61/h2-31H,1H3. The smallest absolute Gasteiger partial charge is 0.307 e. The molecule has 63 heavy (non-hydrogen) atoms. The van der Waals surface area contributed by atoms with Crippen LogP contribution >= 0.6 is 0 Å². The van der Waals surface area contributed by atoms with Crippen LogP contribution in [0.1, 0.15) is 11.1 Å². The summed E-state index contributed by atoms with van der Waals surface area (Å²) in [5, 5.41) is 4.88. The molecule has 2 nitrogen and oxygen atoms in total. The van der Waals surface area contributed by atoms with E-state index in [9.17, 15) is 13.2 Å². The van der Waals surface area contributed by atoms with Gasteiger partial charge in [0.25, 0.3) is 0 Å². The molecule has 0 heterocycles. The van der Waals surface area contributed by atoms with E-state index < -0.39 is 35.0 Å². The largest absolute Gasteiger partial charge is 0.416 e. The molecule has 0 N–H and O–H groups in total. The van der Waals surface area contributed by atoms with Gasteiger partial charge in [-0.2, -0.15) is 13.2 Å². The van der Waals surface area contributed by atoms with E-state index in [-0.39, 0.29) is 28.1 Å². The zero-order valence-electron chi connectivity index (χ0n) is 33.4. The van der Waals surface area contributed by atoms with Crippen molar-refractivity contribution in [1.29, 1.82) is 0 Å². The summed E-state index contributed by atoms with van der Waals surface area (Å²) in [6, 6.07) is 49.7. The molecule has 0 bridgehead atoms. The summed E-state index contributed by atoms with van der Waals surface area (Å²) < 4.78 is 104. The number of alkyl halides is 3. The van der Waals surface area contributed by atoms with Crippen LogP contribution in [-0.4, -0.2) is 0 Å². The first-order valence-electron chi connectivity index (χ1n) is 20.1. The van der Waals surface area contributed by atoms with Crippen LogP contribution < -0.4 is 9.80 Å². The molecule has 0 aliphatic carbocycles. The molecule has 0 saturated carbocycles. The Balaban J connectivity index is 1.19. The summed E-state index contributed by atoms with van der Waals surface area (Å²) >= 11 is 0. The van der Waals surface area contributed by atoms with Crippen LogP contribution in [0.5, 0.6) is 0 Å². The quantitative estimate of drug-likeness (QED) is 0.111. The fraction of sp³-hybridized carbons (Fsp3) is 0.0370. The fourth-order valence-corrected chi connectivity index (χ4v) is 8.56. The van der Waals surface area contributed by atoms with E-state index in [1.807, 2.05) is 116 Å². The number of para-hydroxylation sites is 2. The zero-order chi connectivity index (χ0) is 43.6. The number of rotatable bonds is 8. The summed E-state index contributed by atoms with van der Waals surface area (Å²) in [6.45, 7) is 1.94. The first-order valence-corrected chi connectivity index (χ1v) is 20.1. The van der Waals surface area contributed by atoms with Gasteiger partial charge >= 0.3 is 6.18 Å². The maximum Gasteiger partial charge on any atom is 0.416 e. The van der Waals surface area contributed by atoms with Crippen molar-refractivity contribution >= 4 is 66.4 Å². The Morgan fingerprint density at radius 2 is 0.778 bits per heavy atom. The topological polar surface area (TPSA) is 6.48 Å². The Morgan fingerprint density at radius 3 is 1.19 bits per heavy atom. The average Bonchev–Trinajstić information content (AvgIpc) is 3.28. The van der Waals surface area contributed by atoms with E-state index >= 15 is 17.6 Å². The van der Waals surface area contributed by atoms with Crippen LogP contribution in [0.25, 0.3) is 54.6 Å². The summed E-state index contributed by atoms with van der Waals surface area (Å²) in [5.41, 5.74) is 3.48. The highest BCUT2D eigenvalue weighted by molar-refractivity contribution is 6.28. The van der Waals surface area contributed by atoms with Crippen molar-refractivity contribution in [2.75, 3.05) is 9.80 Å². The highest BCUT2D eigenvalue weighted by atomic mass is 19.4. The average molecular weight is 843 g/mol. The maximum atomic E-state index is 16.4. The molecule has 0 aliphatic heterocycles. The van der Waals surface area contributed by atoms with Crippen LogP contribution in [0, 0.1) is 30.2 Å². The Hall–Kier alpha value is -7.65. The number of hydrogen-bond acceptors (Lipinski definition) is 2. The fourth-order valence-electron chi connectivity index (χ4n) is 8.56. The van der Waals surface area contributed by atoms with Crippen molar-refractivity contribution < 1.29 is 30.7 Å². The summed E-state index contributed by atoms with van der Waals surface area (Å²) in [6.07, 6.45) is -4.59. The number of nitrogens with zero attached hydrogens (tertiary/aromatic N) is 2. The number of anilines is 6. The van der Waals surface area contributed by atoms with Crippen molar-refractivity contribution in [2.45, 2.75) is 13.1 Å². The zero-order valence-corrected chi connectivity index (χ0v) is 33.4. The molecule has 10 rings (SSSR count). The van der Waals surface area contributed by atoms with Gasteiger partial charge in [0.2, 0.25) is 0 Å². The minimum Gasteiger partial charge on any atom is -0.307 e. The number of halogens is 7. The molecule has 0 saturated heterocycles. The van der Waals surface area contributed by atoms with E-state index in [0.29, 0.717) is 33.7 Å². The van der Waals surface area contributed by atoms with Gasteiger partial charge in [-0.05, 0) is 100 Å².